The van der Waals surface area contributed by atoms with E-state index in [0.717, 1.165) is 11.1 Å². The molecule has 1 aromatic heterocycles. The zero-order chi connectivity index (χ0) is 23.3. The number of Topliss-reactive ketones (excluding diaryl/α,β-unsaturated/α-hetero) is 1. The molecule has 1 fully saturated rings. The van der Waals surface area contributed by atoms with Gasteiger partial charge >= 0.3 is 5.91 Å². The molecule has 2 N–H and O–H groups in total. The molecule has 164 valence electrons. The van der Waals surface area contributed by atoms with Gasteiger partial charge in [0.2, 0.25) is 5.95 Å². The van der Waals surface area contributed by atoms with Crippen molar-refractivity contribution >= 4 is 34.4 Å². The number of nitrogens with one attached hydrogen (secondary N) is 1. The Balaban J connectivity index is 1.73. The number of rotatable bonds is 3. The highest BCUT2D eigenvalue weighted by molar-refractivity contribution is 6.51. The van der Waals surface area contributed by atoms with Crippen LogP contribution in [0.25, 0.3) is 16.8 Å². The van der Waals surface area contributed by atoms with Crippen molar-refractivity contribution in [1.82, 2.24) is 9.97 Å². The van der Waals surface area contributed by atoms with E-state index in [9.17, 15) is 19.1 Å². The lowest BCUT2D eigenvalue weighted by molar-refractivity contribution is -0.132. The Bertz CT molecular complexity index is 1460. The number of fused-ring (bicyclic) bond motifs is 1. The fourth-order valence-electron chi connectivity index (χ4n) is 4.17. The second-order valence-electron chi connectivity index (χ2n) is 8.12. The predicted octanol–water partition coefficient (Wildman–Crippen LogP) is 4.95. The van der Waals surface area contributed by atoms with Gasteiger partial charge in [-0.2, -0.15) is 0 Å². The van der Waals surface area contributed by atoms with E-state index in [0.29, 0.717) is 16.6 Å². The number of ketones is 1. The molecule has 33 heavy (non-hydrogen) atoms. The summed E-state index contributed by atoms with van der Waals surface area (Å²) in [4.78, 5) is 35.3. The smallest absolute Gasteiger partial charge is 0.302 e. The molecular formula is C26H20FN3O3. The fourth-order valence-corrected chi connectivity index (χ4v) is 4.17. The maximum absolute atomic E-state index is 13.8. The number of imidazole rings is 1. The molecule has 1 unspecified atom stereocenters. The number of hydrogen-bond acceptors (Lipinski definition) is 4. The third-order valence-corrected chi connectivity index (χ3v) is 5.84. The minimum Gasteiger partial charge on any atom is -0.507 e. The van der Waals surface area contributed by atoms with Crippen molar-refractivity contribution in [3.05, 3.63) is 100 Å². The van der Waals surface area contributed by atoms with Gasteiger partial charge in [-0.05, 0) is 60.9 Å². The van der Waals surface area contributed by atoms with Gasteiger partial charge in [0.05, 0.1) is 22.6 Å². The number of halogens is 1. The normalized spacial score (nSPS) is 17.8. The first-order chi connectivity index (χ1) is 15.8. The van der Waals surface area contributed by atoms with Crippen LogP contribution in [0.1, 0.15) is 28.3 Å². The van der Waals surface area contributed by atoms with Crippen molar-refractivity contribution in [3.8, 4) is 0 Å². The van der Waals surface area contributed by atoms with Gasteiger partial charge in [0.1, 0.15) is 11.6 Å². The molecule has 1 aliphatic rings. The van der Waals surface area contributed by atoms with E-state index in [-0.39, 0.29) is 22.8 Å². The molecule has 0 bridgehead atoms. The van der Waals surface area contributed by atoms with Gasteiger partial charge in [-0.25, -0.2) is 9.37 Å². The van der Waals surface area contributed by atoms with Crippen LogP contribution in [-0.2, 0) is 9.59 Å². The summed E-state index contributed by atoms with van der Waals surface area (Å²) in [6.45, 7) is 3.51. The number of benzene rings is 3. The second kappa shape index (κ2) is 7.70. The number of H-pyrrole nitrogens is 1. The van der Waals surface area contributed by atoms with Gasteiger partial charge in [0.25, 0.3) is 5.78 Å². The highest BCUT2D eigenvalue weighted by atomic mass is 19.1. The average molecular weight is 441 g/mol. The summed E-state index contributed by atoms with van der Waals surface area (Å²) in [6.07, 6.45) is 0. The lowest BCUT2D eigenvalue weighted by Gasteiger charge is -2.23. The van der Waals surface area contributed by atoms with E-state index < -0.39 is 23.5 Å². The Morgan fingerprint density at radius 2 is 1.79 bits per heavy atom. The van der Waals surface area contributed by atoms with Crippen LogP contribution in [0.2, 0.25) is 0 Å². The van der Waals surface area contributed by atoms with E-state index in [1.54, 1.807) is 31.2 Å². The first-order valence-electron chi connectivity index (χ1n) is 10.4. The van der Waals surface area contributed by atoms with Crippen molar-refractivity contribution in [2.45, 2.75) is 19.9 Å². The van der Waals surface area contributed by atoms with Gasteiger partial charge in [-0.15, -0.1) is 0 Å². The molecule has 5 rings (SSSR count). The third kappa shape index (κ3) is 3.38. The van der Waals surface area contributed by atoms with E-state index in [1.165, 1.54) is 23.1 Å². The van der Waals surface area contributed by atoms with Gasteiger partial charge in [0, 0.05) is 5.56 Å². The molecule has 7 heteroatoms. The Morgan fingerprint density at radius 1 is 1.03 bits per heavy atom. The molecule has 0 saturated carbocycles. The van der Waals surface area contributed by atoms with Crippen LogP contribution < -0.4 is 4.90 Å². The molecule has 1 aliphatic heterocycles. The van der Waals surface area contributed by atoms with Crippen LogP contribution in [0.15, 0.2) is 72.3 Å². The van der Waals surface area contributed by atoms with E-state index in [1.807, 2.05) is 31.2 Å². The van der Waals surface area contributed by atoms with Crippen LogP contribution in [-0.4, -0.2) is 26.8 Å². The van der Waals surface area contributed by atoms with Crippen molar-refractivity contribution in [1.29, 1.82) is 0 Å². The van der Waals surface area contributed by atoms with Crippen molar-refractivity contribution < 1.29 is 19.1 Å². The summed E-state index contributed by atoms with van der Waals surface area (Å²) in [7, 11) is 0. The van der Waals surface area contributed by atoms with Gasteiger partial charge in [0.15, 0.2) is 0 Å². The highest BCUT2D eigenvalue weighted by Gasteiger charge is 2.48. The molecule has 6 nitrogen and oxygen atoms in total. The molecule has 1 saturated heterocycles. The number of anilines is 1. The zero-order valence-corrected chi connectivity index (χ0v) is 18.0. The molecule has 3 aromatic carbocycles. The quantitative estimate of drug-likeness (QED) is 0.268. The Hall–Kier alpha value is -4.26. The number of aromatic nitrogens is 2. The fraction of sp³-hybridized carbons (Fsp3) is 0.115. The summed E-state index contributed by atoms with van der Waals surface area (Å²) in [5.41, 5.74) is 3.53. The Kier molecular flexibility index (Phi) is 4.82. The Labute approximate surface area is 189 Å². The number of aliphatic hydroxyl groups excluding tert-OH is 1. The van der Waals surface area contributed by atoms with E-state index >= 15 is 0 Å². The number of nitrogens with zero attached hydrogens (tertiary/aromatic N) is 2. The van der Waals surface area contributed by atoms with Crippen molar-refractivity contribution in [3.63, 3.8) is 0 Å². The van der Waals surface area contributed by atoms with Crippen LogP contribution in [0, 0.1) is 19.7 Å². The van der Waals surface area contributed by atoms with Crippen LogP contribution in [0.5, 0.6) is 0 Å². The Morgan fingerprint density at radius 3 is 2.52 bits per heavy atom. The van der Waals surface area contributed by atoms with E-state index in [2.05, 4.69) is 9.97 Å². The summed E-state index contributed by atoms with van der Waals surface area (Å²) in [5, 5.41) is 11.1. The maximum Gasteiger partial charge on any atom is 0.302 e. The third-order valence-electron chi connectivity index (χ3n) is 5.84. The molecule has 2 heterocycles. The molecule has 1 amide bonds. The lowest BCUT2D eigenvalue weighted by Crippen LogP contribution is -2.30. The second-order valence-corrected chi connectivity index (χ2v) is 8.12. The standard InChI is InChI=1S/C26H20FN3O3/c1-14-8-11-19-20(12-14)29-26(28-19)30-22(16-6-4-3-5-7-16)21(24(32)25(30)33)23(31)17-9-10-18(27)15(2)13-17/h3-13,22,31H,1-2H3,(H,28,29)/b23-21+. The predicted molar refractivity (Wildman–Crippen MR) is 123 cm³/mol. The minimum atomic E-state index is -0.904. The van der Waals surface area contributed by atoms with Crippen LogP contribution >= 0.6 is 0 Å². The zero-order valence-electron chi connectivity index (χ0n) is 18.0. The number of aliphatic hydroxyl groups is 1. The minimum absolute atomic E-state index is 0.0751. The largest absolute Gasteiger partial charge is 0.507 e. The van der Waals surface area contributed by atoms with Crippen LogP contribution in [0.3, 0.4) is 0 Å². The highest BCUT2D eigenvalue weighted by Crippen LogP contribution is 2.41. The SMILES string of the molecule is Cc1ccc2nc(N3C(=O)C(=O)/C(=C(/O)c4ccc(F)c(C)c4)C3c3ccccc3)[nH]c2c1. The first-order valence-corrected chi connectivity index (χ1v) is 10.4. The molecule has 0 radical (unpaired) electrons. The van der Waals surface area contributed by atoms with Gasteiger partial charge in [-0.1, -0.05) is 36.4 Å². The number of amides is 1. The number of hydrogen-bond donors (Lipinski definition) is 2. The summed E-state index contributed by atoms with van der Waals surface area (Å²) < 4.78 is 13.8. The van der Waals surface area contributed by atoms with Crippen LogP contribution in [0.4, 0.5) is 10.3 Å². The van der Waals surface area contributed by atoms with Gasteiger partial charge < -0.3 is 10.1 Å². The number of aryl methyl sites for hydroxylation is 2. The molecule has 1 atom stereocenters. The monoisotopic (exact) mass is 441 g/mol. The molecule has 0 aliphatic carbocycles. The first kappa shape index (κ1) is 20.6. The van der Waals surface area contributed by atoms with Crippen molar-refractivity contribution in [2.24, 2.45) is 0 Å². The number of carbonyl (C=O) groups excluding carboxylic acids is 2. The maximum atomic E-state index is 13.8. The topological polar surface area (TPSA) is 86.3 Å². The van der Waals surface area contributed by atoms with Crippen molar-refractivity contribution in [2.75, 3.05) is 4.90 Å². The number of aromatic amines is 1. The van der Waals surface area contributed by atoms with E-state index in [4.69, 9.17) is 0 Å². The summed E-state index contributed by atoms with van der Waals surface area (Å²) in [6, 6.07) is 17.8. The van der Waals surface area contributed by atoms with Gasteiger partial charge in [-0.3, -0.25) is 14.5 Å². The number of carbonyl (C=O) groups is 2. The summed E-state index contributed by atoms with van der Waals surface area (Å²) in [5.74, 6) is -2.22. The molecular weight excluding hydrogens is 421 g/mol. The summed E-state index contributed by atoms with van der Waals surface area (Å²) >= 11 is 0. The average Bonchev–Trinajstić information content (AvgIpc) is 3.33. The molecule has 0 spiro atoms. The molecule has 4 aromatic rings. The lowest BCUT2D eigenvalue weighted by atomic mass is 9.95.